The van der Waals surface area contributed by atoms with Crippen molar-refractivity contribution in [1.29, 1.82) is 0 Å². The van der Waals surface area contributed by atoms with Gasteiger partial charge in [0.05, 0.1) is 0 Å². The molecular formula is C9H13F7O2Sn. The molecule has 0 aliphatic heterocycles. The van der Waals surface area contributed by atoms with Crippen molar-refractivity contribution in [3.05, 3.63) is 0 Å². The van der Waals surface area contributed by atoms with Gasteiger partial charge < -0.3 is 0 Å². The molecule has 0 fully saturated rings. The van der Waals surface area contributed by atoms with Crippen LogP contribution in [0.3, 0.4) is 0 Å². The van der Waals surface area contributed by atoms with E-state index in [2.05, 4.69) is 3.07 Å². The fourth-order valence-electron chi connectivity index (χ4n) is 1.12. The Morgan fingerprint density at radius 2 is 1.53 bits per heavy atom. The molecule has 0 spiro atoms. The monoisotopic (exact) mass is 406 g/mol. The van der Waals surface area contributed by atoms with Crippen LogP contribution in [0.5, 0.6) is 0 Å². The van der Waals surface area contributed by atoms with Crippen molar-refractivity contribution in [2.75, 3.05) is 6.61 Å². The molecule has 114 valence electrons. The second kappa shape index (κ2) is 7.18. The second-order valence-corrected chi connectivity index (χ2v) is 8.17. The predicted octanol–water partition coefficient (Wildman–Crippen LogP) is 3.87. The van der Waals surface area contributed by atoms with Gasteiger partial charge >= 0.3 is 112 Å². The minimum atomic E-state index is -5.62. The average Bonchev–Trinajstić information content (AvgIpc) is 2.20. The molecule has 0 heterocycles. The fourth-order valence-corrected chi connectivity index (χ4v) is 3.68. The van der Waals surface area contributed by atoms with Crippen LogP contribution in [0.15, 0.2) is 0 Å². The number of unbranched alkanes of at least 4 members (excludes halogenated alkanes) is 2. The van der Waals surface area contributed by atoms with Gasteiger partial charge in [0.1, 0.15) is 0 Å². The van der Waals surface area contributed by atoms with Crippen molar-refractivity contribution in [1.82, 2.24) is 0 Å². The molecule has 0 aromatic heterocycles. The Morgan fingerprint density at radius 1 is 1.00 bits per heavy atom. The van der Waals surface area contributed by atoms with Crippen molar-refractivity contribution in [3.63, 3.8) is 0 Å². The van der Waals surface area contributed by atoms with Gasteiger partial charge in [0.25, 0.3) is 0 Å². The Balaban J connectivity index is 4.61. The van der Waals surface area contributed by atoms with Crippen LogP contribution < -0.4 is 0 Å². The first-order valence-electron chi connectivity index (χ1n) is 5.43. The Morgan fingerprint density at radius 3 is 1.95 bits per heavy atom. The molecule has 0 N–H and O–H groups in total. The molecule has 0 amide bonds. The van der Waals surface area contributed by atoms with E-state index in [1.165, 1.54) is 0 Å². The van der Waals surface area contributed by atoms with E-state index in [1.807, 2.05) is 0 Å². The molecule has 0 bridgehead atoms. The summed E-state index contributed by atoms with van der Waals surface area (Å²) in [6.07, 6.45) is -7.00. The van der Waals surface area contributed by atoms with E-state index < -0.39 is 49.2 Å². The number of hydrogen-bond donors (Lipinski definition) is 0. The summed E-state index contributed by atoms with van der Waals surface area (Å²) in [5.41, 5.74) is 0. The predicted molar refractivity (Wildman–Crippen MR) is 52.5 cm³/mol. The van der Waals surface area contributed by atoms with E-state index in [4.69, 9.17) is 0 Å². The second-order valence-electron chi connectivity index (χ2n) is 3.91. The van der Waals surface area contributed by atoms with Crippen molar-refractivity contribution in [2.24, 2.45) is 0 Å². The van der Waals surface area contributed by atoms with Gasteiger partial charge in [-0.3, -0.25) is 0 Å². The first kappa shape index (κ1) is 19.1. The minimum absolute atomic E-state index is 0.240. The molecule has 0 unspecified atom stereocenters. The first-order chi connectivity index (χ1) is 8.44. The molecule has 0 aliphatic rings. The number of rotatable bonds is 8. The zero-order chi connectivity index (χ0) is 15.3. The van der Waals surface area contributed by atoms with E-state index in [0.29, 0.717) is 12.8 Å². The Bertz CT molecular complexity index is 303. The van der Waals surface area contributed by atoms with E-state index in [9.17, 15) is 33.8 Å². The summed E-state index contributed by atoms with van der Waals surface area (Å²) in [4.78, 5) is 0. The van der Waals surface area contributed by atoms with E-state index in [0.717, 1.165) is 0 Å². The Hall–Kier alpha value is 0.0687. The fraction of sp³-hybridized carbons (Fsp3) is 1.00. The molecule has 0 aliphatic carbocycles. The summed E-state index contributed by atoms with van der Waals surface area (Å²) in [5, 5.41) is 0. The van der Waals surface area contributed by atoms with Crippen molar-refractivity contribution in [2.45, 2.75) is 48.6 Å². The first-order valence-corrected chi connectivity index (χ1v) is 9.19. The van der Waals surface area contributed by atoms with E-state index >= 15 is 0 Å². The SMILES string of the molecule is CCCCC[O][Sn](=[O])[C](F)(F)C(F)(F)CC(F)(F)F. The van der Waals surface area contributed by atoms with Crippen molar-refractivity contribution >= 4 is 20.2 Å². The van der Waals surface area contributed by atoms with Crippen molar-refractivity contribution in [3.8, 4) is 0 Å². The molecule has 0 rings (SSSR count). The molecule has 10 heteroatoms. The molecule has 0 saturated carbocycles. The standard InChI is InChI=1S/C5H11O.C4H2F7.O.Sn/c1-2-3-4-5-6;5-2(6)3(7,8)1-4(9,10)11;;/h2-5H2,1H3;1H2;;/q-1;;;+1. The van der Waals surface area contributed by atoms with E-state index in [-0.39, 0.29) is 6.42 Å². The molecule has 0 aromatic carbocycles. The van der Waals surface area contributed by atoms with Crippen LogP contribution in [-0.4, -0.2) is 42.8 Å². The van der Waals surface area contributed by atoms with Crippen LogP contribution in [-0.2, 0) is 6.15 Å². The van der Waals surface area contributed by atoms with Crippen LogP contribution in [0.2, 0.25) is 0 Å². The molecule has 0 saturated heterocycles. The summed E-state index contributed by atoms with van der Waals surface area (Å²) >= 11 is -5.62. The molecule has 0 radical (unpaired) electrons. The quantitative estimate of drug-likeness (QED) is 0.349. The Kier molecular flexibility index (Phi) is 7.21. The van der Waals surface area contributed by atoms with Crippen LogP contribution >= 0.6 is 0 Å². The summed E-state index contributed by atoms with van der Waals surface area (Å²) in [5.74, 6) is -5.41. The van der Waals surface area contributed by atoms with E-state index in [1.54, 1.807) is 6.92 Å². The number of hydrogen-bond acceptors (Lipinski definition) is 2. The summed E-state index contributed by atoms with van der Waals surface area (Å²) in [6, 6.07) is 0. The summed E-state index contributed by atoms with van der Waals surface area (Å²) < 4.78 is 97.0. The maximum atomic E-state index is 13.0. The van der Waals surface area contributed by atoms with Gasteiger partial charge in [-0.15, -0.1) is 0 Å². The van der Waals surface area contributed by atoms with Gasteiger partial charge in [-0.25, -0.2) is 0 Å². The van der Waals surface area contributed by atoms with Gasteiger partial charge in [-0.05, 0) is 0 Å². The third-order valence-electron chi connectivity index (χ3n) is 2.12. The van der Waals surface area contributed by atoms with Crippen LogP contribution in [0.25, 0.3) is 0 Å². The topological polar surface area (TPSA) is 26.3 Å². The Labute approximate surface area is 113 Å². The zero-order valence-corrected chi connectivity index (χ0v) is 12.9. The van der Waals surface area contributed by atoms with Crippen LogP contribution in [0.1, 0.15) is 32.6 Å². The third-order valence-corrected chi connectivity index (χ3v) is 5.96. The van der Waals surface area contributed by atoms with Gasteiger partial charge in [-0.1, -0.05) is 0 Å². The normalized spacial score (nSPS) is 13.7. The van der Waals surface area contributed by atoms with Crippen LogP contribution in [0, 0.1) is 0 Å². The molecular weight excluding hydrogens is 392 g/mol. The number of alkyl halides is 7. The van der Waals surface area contributed by atoms with Gasteiger partial charge in [0.15, 0.2) is 0 Å². The van der Waals surface area contributed by atoms with Gasteiger partial charge in [0, 0.05) is 0 Å². The summed E-state index contributed by atoms with van der Waals surface area (Å²) in [7, 11) is 0. The van der Waals surface area contributed by atoms with Gasteiger partial charge in [0.2, 0.25) is 0 Å². The third kappa shape index (κ3) is 6.37. The zero-order valence-electron chi connectivity index (χ0n) is 10.00. The summed E-state index contributed by atoms with van der Waals surface area (Å²) in [6.45, 7) is 1.37. The molecule has 0 aromatic rings. The molecule has 2 nitrogen and oxygen atoms in total. The van der Waals surface area contributed by atoms with Crippen LogP contribution in [0.4, 0.5) is 30.7 Å². The average molecular weight is 405 g/mol. The maximum absolute atomic E-state index is 13.0. The number of halogens is 7. The molecule has 0 atom stereocenters. The molecule has 19 heavy (non-hydrogen) atoms. The van der Waals surface area contributed by atoms with Crippen molar-refractivity contribution < 1.29 is 36.9 Å². The van der Waals surface area contributed by atoms with Gasteiger partial charge in [-0.2, -0.15) is 0 Å².